The van der Waals surface area contributed by atoms with Crippen LogP contribution in [0.5, 0.6) is 10.9 Å². The van der Waals surface area contributed by atoms with Gasteiger partial charge >= 0.3 is 0 Å². The van der Waals surface area contributed by atoms with E-state index >= 15 is 0 Å². The van der Waals surface area contributed by atoms with Gasteiger partial charge in [-0.25, -0.2) is 0 Å². The predicted octanol–water partition coefficient (Wildman–Crippen LogP) is 4.25. The second-order valence-corrected chi connectivity index (χ2v) is 5.00. The molecule has 1 aromatic carbocycles. The smallest absolute Gasteiger partial charge is 0.279 e. The number of benzene rings is 1. The molecule has 2 heterocycles. The zero-order valence-electron chi connectivity index (χ0n) is 8.63. The van der Waals surface area contributed by atoms with Crippen LogP contribution >= 0.6 is 27.3 Å². The van der Waals surface area contributed by atoms with E-state index in [4.69, 9.17) is 4.74 Å². The summed E-state index contributed by atoms with van der Waals surface area (Å²) in [5.74, 6) is 0.775. The first-order chi connectivity index (χ1) is 8.33. The van der Waals surface area contributed by atoms with E-state index in [9.17, 15) is 0 Å². The lowest BCUT2D eigenvalue weighted by Gasteiger charge is -2.04. The summed E-state index contributed by atoms with van der Waals surface area (Å²) in [7, 11) is 0. The topological polar surface area (TPSA) is 35.0 Å². The van der Waals surface area contributed by atoms with Gasteiger partial charge in [0.05, 0.1) is 5.52 Å². The minimum absolute atomic E-state index is 0.619. The fourth-order valence-electron chi connectivity index (χ4n) is 1.54. The summed E-state index contributed by atoms with van der Waals surface area (Å²) in [6.07, 6.45) is 1.77. The molecule has 84 valence electrons. The molecule has 3 aromatic rings. The van der Waals surface area contributed by atoms with Crippen molar-refractivity contribution in [2.45, 2.75) is 0 Å². The summed E-state index contributed by atoms with van der Waals surface area (Å²) in [6, 6.07) is 9.68. The Morgan fingerprint density at radius 2 is 2.12 bits per heavy atom. The Morgan fingerprint density at radius 1 is 1.18 bits per heavy atom. The van der Waals surface area contributed by atoms with Crippen LogP contribution in [0.15, 0.2) is 46.5 Å². The molecule has 3 nitrogen and oxygen atoms in total. The van der Waals surface area contributed by atoms with Gasteiger partial charge in [0.1, 0.15) is 10.4 Å². The highest BCUT2D eigenvalue weighted by molar-refractivity contribution is 9.10. The third-order valence-corrected chi connectivity index (χ3v) is 3.68. The molecule has 0 fully saturated rings. The lowest BCUT2D eigenvalue weighted by Crippen LogP contribution is -1.86. The van der Waals surface area contributed by atoms with E-state index in [-0.39, 0.29) is 0 Å². The number of pyridine rings is 1. The van der Waals surface area contributed by atoms with Crippen molar-refractivity contribution in [2.75, 3.05) is 0 Å². The summed E-state index contributed by atoms with van der Waals surface area (Å²) in [4.78, 5) is 8.49. The molecule has 0 bridgehead atoms. The molecule has 0 saturated carbocycles. The average Bonchev–Trinajstić information content (AvgIpc) is 2.75. The van der Waals surface area contributed by atoms with E-state index in [1.54, 1.807) is 6.20 Å². The SMILES string of the molecule is Brc1csc(Oc2cccc3ncccc23)n1. The molecule has 5 heteroatoms. The summed E-state index contributed by atoms with van der Waals surface area (Å²) < 4.78 is 6.54. The molecule has 0 radical (unpaired) electrons. The summed E-state index contributed by atoms with van der Waals surface area (Å²) in [6.45, 7) is 0. The predicted molar refractivity (Wildman–Crippen MR) is 71.6 cm³/mol. The van der Waals surface area contributed by atoms with Crippen molar-refractivity contribution in [2.24, 2.45) is 0 Å². The maximum Gasteiger partial charge on any atom is 0.279 e. The Hall–Kier alpha value is -1.46. The summed E-state index contributed by atoms with van der Waals surface area (Å²) >= 11 is 4.75. The van der Waals surface area contributed by atoms with Crippen molar-refractivity contribution in [3.63, 3.8) is 0 Å². The van der Waals surface area contributed by atoms with Gasteiger partial charge in [0.2, 0.25) is 0 Å². The van der Waals surface area contributed by atoms with Crippen LogP contribution in [0.3, 0.4) is 0 Å². The monoisotopic (exact) mass is 306 g/mol. The van der Waals surface area contributed by atoms with Gasteiger partial charge in [-0.05, 0) is 40.2 Å². The van der Waals surface area contributed by atoms with Gasteiger partial charge in [-0.3, -0.25) is 4.98 Å². The molecule has 0 aliphatic carbocycles. The zero-order valence-corrected chi connectivity index (χ0v) is 11.0. The number of fused-ring (bicyclic) bond motifs is 1. The average molecular weight is 307 g/mol. The number of rotatable bonds is 2. The summed E-state index contributed by atoms with van der Waals surface area (Å²) in [5.41, 5.74) is 0.917. The number of hydrogen-bond acceptors (Lipinski definition) is 4. The van der Waals surface area contributed by atoms with Crippen LogP contribution in [0.25, 0.3) is 10.9 Å². The van der Waals surface area contributed by atoms with Crippen LogP contribution in [0.2, 0.25) is 0 Å². The minimum Gasteiger partial charge on any atom is -0.430 e. The fourth-order valence-corrected chi connectivity index (χ4v) is 2.64. The molecule has 3 rings (SSSR count). The van der Waals surface area contributed by atoms with Crippen molar-refractivity contribution in [3.05, 3.63) is 46.5 Å². The van der Waals surface area contributed by atoms with Crippen LogP contribution in [0, 0.1) is 0 Å². The molecular weight excluding hydrogens is 300 g/mol. The quantitative estimate of drug-likeness (QED) is 0.710. The van der Waals surface area contributed by atoms with Crippen LogP contribution in [0.4, 0.5) is 0 Å². The summed E-state index contributed by atoms with van der Waals surface area (Å²) in [5, 5.41) is 3.49. The van der Waals surface area contributed by atoms with E-state index in [0.717, 1.165) is 21.3 Å². The Morgan fingerprint density at radius 3 is 2.94 bits per heavy atom. The molecule has 0 spiro atoms. The lowest BCUT2D eigenvalue weighted by molar-refractivity contribution is 0.483. The van der Waals surface area contributed by atoms with Gasteiger partial charge in [-0.15, -0.1) is 0 Å². The maximum atomic E-state index is 5.75. The molecule has 2 aromatic heterocycles. The van der Waals surface area contributed by atoms with Gasteiger partial charge < -0.3 is 4.74 Å². The van der Waals surface area contributed by atoms with E-state index < -0.39 is 0 Å². The first-order valence-corrected chi connectivity index (χ1v) is 6.63. The van der Waals surface area contributed by atoms with Crippen LogP contribution in [-0.4, -0.2) is 9.97 Å². The molecule has 0 amide bonds. The molecule has 0 saturated heterocycles. The van der Waals surface area contributed by atoms with E-state index in [2.05, 4.69) is 25.9 Å². The lowest BCUT2D eigenvalue weighted by atomic mass is 10.2. The Bertz CT molecular complexity index is 663. The molecule has 0 aliphatic rings. The van der Waals surface area contributed by atoms with Crippen molar-refractivity contribution < 1.29 is 4.74 Å². The number of ether oxygens (including phenoxy) is 1. The minimum atomic E-state index is 0.619. The number of halogens is 1. The number of nitrogens with zero attached hydrogens (tertiary/aromatic N) is 2. The van der Waals surface area contributed by atoms with Crippen LogP contribution < -0.4 is 4.74 Å². The Labute approximate surface area is 110 Å². The van der Waals surface area contributed by atoms with Crippen LogP contribution in [-0.2, 0) is 0 Å². The molecular formula is C12H7BrN2OS. The highest BCUT2D eigenvalue weighted by atomic mass is 79.9. The second-order valence-electron chi connectivity index (χ2n) is 3.36. The van der Waals surface area contributed by atoms with Crippen molar-refractivity contribution in [1.29, 1.82) is 0 Å². The number of thiazole rings is 1. The fraction of sp³-hybridized carbons (Fsp3) is 0. The van der Waals surface area contributed by atoms with Gasteiger partial charge in [-0.1, -0.05) is 17.4 Å². The van der Waals surface area contributed by atoms with Gasteiger partial charge in [0, 0.05) is 17.0 Å². The van der Waals surface area contributed by atoms with Gasteiger partial charge in [0.25, 0.3) is 5.19 Å². The van der Waals surface area contributed by atoms with Crippen molar-refractivity contribution >= 4 is 38.2 Å². The molecule has 17 heavy (non-hydrogen) atoms. The van der Waals surface area contributed by atoms with E-state index in [1.807, 2.05) is 35.7 Å². The number of aromatic nitrogens is 2. The molecule has 0 unspecified atom stereocenters. The molecule has 0 aliphatic heterocycles. The third kappa shape index (κ3) is 2.16. The first kappa shape index (κ1) is 10.7. The van der Waals surface area contributed by atoms with Gasteiger partial charge in [-0.2, -0.15) is 4.98 Å². The standard InChI is InChI=1S/C12H7BrN2OS/c13-11-7-17-12(15-11)16-10-5-1-4-9-8(10)3-2-6-14-9/h1-7H. The third-order valence-electron chi connectivity index (χ3n) is 2.26. The molecule has 0 N–H and O–H groups in total. The highest BCUT2D eigenvalue weighted by Crippen LogP contribution is 2.31. The van der Waals surface area contributed by atoms with E-state index in [0.29, 0.717) is 5.19 Å². The number of hydrogen-bond donors (Lipinski definition) is 0. The molecule has 0 atom stereocenters. The largest absolute Gasteiger partial charge is 0.430 e. The van der Waals surface area contributed by atoms with E-state index in [1.165, 1.54) is 11.3 Å². The van der Waals surface area contributed by atoms with Crippen molar-refractivity contribution in [3.8, 4) is 10.9 Å². The van der Waals surface area contributed by atoms with Crippen molar-refractivity contribution in [1.82, 2.24) is 9.97 Å². The van der Waals surface area contributed by atoms with Crippen LogP contribution in [0.1, 0.15) is 0 Å². The maximum absolute atomic E-state index is 5.75. The normalized spacial score (nSPS) is 10.6. The zero-order chi connectivity index (χ0) is 11.7. The second kappa shape index (κ2) is 4.43. The Kier molecular flexibility index (Phi) is 2.78. The van der Waals surface area contributed by atoms with Gasteiger partial charge in [0.15, 0.2) is 0 Å². The highest BCUT2D eigenvalue weighted by Gasteiger charge is 2.06. The Balaban J connectivity index is 2.05. The first-order valence-electron chi connectivity index (χ1n) is 4.95.